The maximum atomic E-state index is 14.0. The first-order valence-electron chi connectivity index (χ1n) is 6.38. The first-order chi connectivity index (χ1) is 8.90. The molecule has 2 aromatic carbocycles. The largest absolute Gasteiger partial charge is 0.207 e. The molecule has 0 fully saturated rings. The van der Waals surface area contributed by atoms with Crippen LogP contribution in [0.3, 0.4) is 0 Å². The molecule has 0 aromatic heterocycles. The summed E-state index contributed by atoms with van der Waals surface area (Å²) in [5, 5.41) is -0.443. The molecule has 2 rings (SSSR count). The van der Waals surface area contributed by atoms with Gasteiger partial charge in [-0.25, -0.2) is 4.39 Å². The van der Waals surface area contributed by atoms with E-state index in [4.69, 9.17) is 11.6 Å². The number of benzene rings is 2. The fourth-order valence-corrected chi connectivity index (χ4v) is 3.11. The quantitative estimate of drug-likeness (QED) is 0.645. The predicted molar refractivity (Wildman–Crippen MR) is 79.5 cm³/mol. The normalized spacial score (nSPS) is 12.5. The van der Waals surface area contributed by atoms with E-state index in [0.717, 1.165) is 22.3 Å². The number of rotatable bonds is 2. The minimum Gasteiger partial charge on any atom is -0.207 e. The SMILES string of the molecule is Cc1cc(C)c(C(Cl)c2ccc(C)cc2F)c(C)c1. The van der Waals surface area contributed by atoms with Crippen LogP contribution in [-0.4, -0.2) is 0 Å². The van der Waals surface area contributed by atoms with Gasteiger partial charge in [-0.05, 0) is 56.0 Å². The Balaban J connectivity index is 2.53. The van der Waals surface area contributed by atoms with Gasteiger partial charge in [0.1, 0.15) is 5.82 Å². The molecule has 19 heavy (non-hydrogen) atoms. The fraction of sp³-hybridized carbons (Fsp3) is 0.294. The molecule has 0 saturated carbocycles. The number of aryl methyl sites for hydroxylation is 4. The van der Waals surface area contributed by atoms with E-state index in [9.17, 15) is 4.39 Å². The standard InChI is InChI=1S/C17H18ClF/c1-10-5-6-14(15(19)9-10)17(18)16-12(3)7-11(2)8-13(16)4/h5-9,17H,1-4H3. The summed E-state index contributed by atoms with van der Waals surface area (Å²) in [7, 11) is 0. The van der Waals surface area contributed by atoms with Gasteiger partial charge in [-0.2, -0.15) is 0 Å². The van der Waals surface area contributed by atoms with Crippen molar-refractivity contribution in [2.24, 2.45) is 0 Å². The van der Waals surface area contributed by atoms with Crippen molar-refractivity contribution in [1.82, 2.24) is 0 Å². The summed E-state index contributed by atoms with van der Waals surface area (Å²) in [5.74, 6) is -0.237. The van der Waals surface area contributed by atoms with Crippen LogP contribution in [0.1, 0.15) is 38.8 Å². The van der Waals surface area contributed by atoms with E-state index in [-0.39, 0.29) is 5.82 Å². The van der Waals surface area contributed by atoms with Gasteiger partial charge in [0.15, 0.2) is 0 Å². The molecular formula is C17H18ClF. The van der Waals surface area contributed by atoms with Crippen molar-refractivity contribution in [3.8, 4) is 0 Å². The molecular weight excluding hydrogens is 259 g/mol. The molecule has 0 spiro atoms. The topological polar surface area (TPSA) is 0 Å². The smallest absolute Gasteiger partial charge is 0.128 e. The van der Waals surface area contributed by atoms with Crippen LogP contribution in [0, 0.1) is 33.5 Å². The highest BCUT2D eigenvalue weighted by Crippen LogP contribution is 2.35. The van der Waals surface area contributed by atoms with Crippen molar-refractivity contribution in [3.05, 3.63) is 69.5 Å². The van der Waals surface area contributed by atoms with Gasteiger partial charge < -0.3 is 0 Å². The number of hydrogen-bond donors (Lipinski definition) is 0. The maximum absolute atomic E-state index is 14.0. The van der Waals surface area contributed by atoms with E-state index in [0.29, 0.717) is 5.56 Å². The Labute approximate surface area is 119 Å². The van der Waals surface area contributed by atoms with Crippen molar-refractivity contribution in [2.75, 3.05) is 0 Å². The second kappa shape index (κ2) is 5.34. The number of alkyl halides is 1. The Morgan fingerprint density at radius 3 is 2.00 bits per heavy atom. The van der Waals surface area contributed by atoms with Gasteiger partial charge in [0.25, 0.3) is 0 Å². The van der Waals surface area contributed by atoms with Crippen LogP contribution in [0.25, 0.3) is 0 Å². The summed E-state index contributed by atoms with van der Waals surface area (Å²) in [5.41, 5.74) is 5.88. The molecule has 0 aliphatic carbocycles. The molecule has 0 heterocycles. The third-order valence-corrected chi connectivity index (χ3v) is 3.87. The van der Waals surface area contributed by atoms with E-state index < -0.39 is 5.38 Å². The third-order valence-electron chi connectivity index (χ3n) is 3.42. The molecule has 0 N–H and O–H groups in total. The maximum Gasteiger partial charge on any atom is 0.128 e. The molecule has 0 radical (unpaired) electrons. The monoisotopic (exact) mass is 276 g/mol. The molecule has 0 saturated heterocycles. The van der Waals surface area contributed by atoms with Crippen molar-refractivity contribution >= 4 is 11.6 Å². The Morgan fingerprint density at radius 1 is 0.895 bits per heavy atom. The highest BCUT2D eigenvalue weighted by Gasteiger charge is 2.19. The minimum atomic E-state index is -0.443. The van der Waals surface area contributed by atoms with E-state index >= 15 is 0 Å². The lowest BCUT2D eigenvalue weighted by atomic mass is 9.93. The average molecular weight is 277 g/mol. The molecule has 0 amide bonds. The lowest BCUT2D eigenvalue weighted by Gasteiger charge is -2.18. The Morgan fingerprint density at radius 2 is 1.47 bits per heavy atom. The van der Waals surface area contributed by atoms with E-state index in [1.807, 2.05) is 26.8 Å². The van der Waals surface area contributed by atoms with Crippen LogP contribution in [0.4, 0.5) is 4.39 Å². The molecule has 2 aromatic rings. The molecule has 1 unspecified atom stereocenters. The van der Waals surface area contributed by atoms with Crippen LogP contribution in [0.15, 0.2) is 30.3 Å². The van der Waals surface area contributed by atoms with E-state index in [2.05, 4.69) is 19.1 Å². The minimum absolute atomic E-state index is 0.237. The van der Waals surface area contributed by atoms with Crippen LogP contribution < -0.4 is 0 Å². The molecule has 2 heteroatoms. The molecule has 0 bridgehead atoms. The molecule has 1 atom stereocenters. The fourth-order valence-electron chi connectivity index (χ4n) is 2.58. The molecule has 0 aliphatic rings. The molecule has 0 nitrogen and oxygen atoms in total. The summed E-state index contributed by atoms with van der Waals surface area (Å²) in [6, 6.07) is 9.38. The van der Waals surface area contributed by atoms with E-state index in [1.54, 1.807) is 6.07 Å². The summed E-state index contributed by atoms with van der Waals surface area (Å²) in [6.45, 7) is 7.98. The van der Waals surface area contributed by atoms with Crippen molar-refractivity contribution in [1.29, 1.82) is 0 Å². The van der Waals surface area contributed by atoms with Crippen molar-refractivity contribution < 1.29 is 4.39 Å². The van der Waals surface area contributed by atoms with Gasteiger partial charge in [-0.15, -0.1) is 11.6 Å². The van der Waals surface area contributed by atoms with Crippen LogP contribution in [0.2, 0.25) is 0 Å². The number of halogens is 2. The summed E-state index contributed by atoms with van der Waals surface area (Å²) in [4.78, 5) is 0. The van der Waals surface area contributed by atoms with Crippen molar-refractivity contribution in [2.45, 2.75) is 33.1 Å². The Hall–Kier alpha value is -1.34. The van der Waals surface area contributed by atoms with Crippen molar-refractivity contribution in [3.63, 3.8) is 0 Å². The Bertz CT molecular complexity index is 594. The van der Waals surface area contributed by atoms with Crippen LogP contribution in [-0.2, 0) is 0 Å². The summed E-state index contributed by atoms with van der Waals surface area (Å²) in [6.07, 6.45) is 0. The molecule has 0 aliphatic heterocycles. The van der Waals surface area contributed by atoms with Gasteiger partial charge in [-0.3, -0.25) is 0 Å². The van der Waals surface area contributed by atoms with Gasteiger partial charge >= 0.3 is 0 Å². The highest BCUT2D eigenvalue weighted by molar-refractivity contribution is 6.22. The first-order valence-corrected chi connectivity index (χ1v) is 6.81. The second-order valence-corrected chi connectivity index (χ2v) is 5.64. The Kier molecular flexibility index (Phi) is 3.96. The second-order valence-electron chi connectivity index (χ2n) is 5.20. The first kappa shape index (κ1) is 14.1. The lowest BCUT2D eigenvalue weighted by molar-refractivity contribution is 0.611. The van der Waals surface area contributed by atoms with Crippen LogP contribution >= 0.6 is 11.6 Å². The van der Waals surface area contributed by atoms with Gasteiger partial charge in [0.05, 0.1) is 5.38 Å². The van der Waals surface area contributed by atoms with E-state index in [1.165, 1.54) is 11.6 Å². The highest BCUT2D eigenvalue weighted by atomic mass is 35.5. The predicted octanol–water partition coefficient (Wildman–Crippen LogP) is 5.39. The van der Waals surface area contributed by atoms with Crippen LogP contribution in [0.5, 0.6) is 0 Å². The van der Waals surface area contributed by atoms with Gasteiger partial charge in [0.2, 0.25) is 0 Å². The number of hydrogen-bond acceptors (Lipinski definition) is 0. The summed E-state index contributed by atoms with van der Waals surface area (Å²) >= 11 is 6.51. The summed E-state index contributed by atoms with van der Waals surface area (Å²) < 4.78 is 14.0. The zero-order valence-electron chi connectivity index (χ0n) is 11.7. The zero-order valence-corrected chi connectivity index (χ0v) is 12.5. The third kappa shape index (κ3) is 2.82. The zero-order chi connectivity index (χ0) is 14.2. The molecule has 100 valence electrons. The van der Waals surface area contributed by atoms with Gasteiger partial charge in [0, 0.05) is 5.56 Å². The van der Waals surface area contributed by atoms with Gasteiger partial charge in [-0.1, -0.05) is 29.8 Å². The lowest BCUT2D eigenvalue weighted by Crippen LogP contribution is -2.03. The average Bonchev–Trinajstić information content (AvgIpc) is 2.26.